The van der Waals surface area contributed by atoms with Crippen LogP contribution in [0.1, 0.15) is 138 Å². The number of phenols is 1. The number of aromatic hydroxyl groups is 1. The summed E-state index contributed by atoms with van der Waals surface area (Å²) in [6.45, 7) is 9.19. The number of phenolic OH excluding ortho intramolecular Hbond substituents is 1. The van der Waals surface area contributed by atoms with Crippen molar-refractivity contribution in [1.29, 1.82) is 16.2 Å². The molecule has 0 aliphatic carbocycles. The number of hydrogen-bond donors (Lipinski definition) is 33. The fraction of sp³-hybridized carbons (Fsp3) is 0.575. The first-order chi connectivity index (χ1) is 61.9. The average molecular weight is 1870 g/mol. The van der Waals surface area contributed by atoms with Gasteiger partial charge in [0.25, 0.3) is 0 Å². The van der Waals surface area contributed by atoms with E-state index in [9.17, 15) is 117 Å². The number of benzene rings is 2. The molecular formula is C80H130N28O24. The number of hydrogen-bond acceptors (Lipinski definition) is 27. The van der Waals surface area contributed by atoms with Crippen molar-refractivity contribution in [1.82, 2.24) is 101 Å². The van der Waals surface area contributed by atoms with Gasteiger partial charge in [0.2, 0.25) is 106 Å². The van der Waals surface area contributed by atoms with Crippen LogP contribution in [0.25, 0.3) is 0 Å². The normalized spacial score (nSPS) is 15.2. The zero-order valence-electron chi connectivity index (χ0n) is 74.9. The third kappa shape index (κ3) is 42.8. The van der Waals surface area contributed by atoms with Crippen LogP contribution in [0.4, 0.5) is 0 Å². The maximum absolute atomic E-state index is 14.5. The Kier molecular flexibility index (Phi) is 50.4. The molecule has 2 rings (SSSR count). The molecule has 0 spiro atoms. The first kappa shape index (κ1) is 114. The van der Waals surface area contributed by atoms with Crippen LogP contribution in [0.2, 0.25) is 0 Å². The second-order valence-electron chi connectivity index (χ2n) is 31.3. The van der Waals surface area contributed by atoms with E-state index >= 15 is 0 Å². The summed E-state index contributed by atoms with van der Waals surface area (Å²) in [5, 5.41) is 119. The lowest BCUT2D eigenvalue weighted by atomic mass is 9.96. The highest BCUT2D eigenvalue weighted by molar-refractivity contribution is 6.02. The highest BCUT2D eigenvalue weighted by Gasteiger charge is 2.39. The molecule has 0 saturated heterocycles. The number of carboxylic acid groups (broad SMARTS) is 1. The smallest absolute Gasteiger partial charge is 0.305 e. The number of amides is 18. The molecule has 0 heterocycles. The van der Waals surface area contributed by atoms with Crippen molar-refractivity contribution in [3.05, 3.63) is 65.7 Å². The third-order valence-electron chi connectivity index (χ3n) is 20.3. The van der Waals surface area contributed by atoms with Crippen molar-refractivity contribution in [3.8, 4) is 5.75 Å². The number of aliphatic hydroxyl groups excluding tert-OH is 3. The van der Waals surface area contributed by atoms with E-state index in [1.807, 2.05) is 0 Å². The highest BCUT2D eigenvalue weighted by Crippen LogP contribution is 2.16. The lowest BCUT2D eigenvalue weighted by Gasteiger charge is -2.29. The minimum Gasteiger partial charge on any atom is -0.508 e. The van der Waals surface area contributed by atoms with Gasteiger partial charge in [-0.3, -0.25) is 107 Å². The van der Waals surface area contributed by atoms with E-state index in [4.69, 9.17) is 50.6 Å². The Bertz CT molecular complexity index is 4320. The predicted octanol–water partition coefficient (Wildman–Crippen LogP) is -11.9. The summed E-state index contributed by atoms with van der Waals surface area (Å²) in [6.07, 6.45) is -5.85. The Morgan fingerprint density at radius 3 is 1.12 bits per heavy atom. The summed E-state index contributed by atoms with van der Waals surface area (Å²) >= 11 is 0. The summed E-state index contributed by atoms with van der Waals surface area (Å²) in [7, 11) is 0. The monoisotopic (exact) mass is 1870 g/mol. The molecule has 4 unspecified atom stereocenters. The van der Waals surface area contributed by atoms with Gasteiger partial charge in [0, 0.05) is 32.5 Å². The highest BCUT2D eigenvalue weighted by atomic mass is 16.4. The van der Waals surface area contributed by atoms with Crippen LogP contribution in [0, 0.1) is 28.1 Å². The minimum atomic E-state index is -1.94. The van der Waals surface area contributed by atoms with E-state index in [1.165, 1.54) is 45.0 Å². The lowest BCUT2D eigenvalue weighted by molar-refractivity contribution is -0.141. The lowest BCUT2D eigenvalue weighted by Crippen LogP contribution is -2.61. The van der Waals surface area contributed by atoms with E-state index < -0.39 is 277 Å². The summed E-state index contributed by atoms with van der Waals surface area (Å²) in [5.41, 5.74) is 33.9. The topological polar surface area (TPSA) is 882 Å². The van der Waals surface area contributed by atoms with E-state index in [2.05, 4.69) is 101 Å². The Hall–Kier alpha value is -14.2. The van der Waals surface area contributed by atoms with Gasteiger partial charge in [0.1, 0.15) is 96.4 Å². The zero-order valence-corrected chi connectivity index (χ0v) is 74.9. The van der Waals surface area contributed by atoms with Gasteiger partial charge in [-0.1, -0.05) is 83.0 Å². The number of nitrogens with two attached hydrogens (primary N) is 6. The van der Waals surface area contributed by atoms with Gasteiger partial charge in [-0.15, -0.1) is 0 Å². The van der Waals surface area contributed by atoms with Crippen molar-refractivity contribution in [2.75, 3.05) is 39.3 Å². The van der Waals surface area contributed by atoms with Crippen LogP contribution >= 0.6 is 0 Å². The maximum Gasteiger partial charge on any atom is 0.305 e. The molecule has 0 aliphatic rings. The molecule has 0 aliphatic heterocycles. The molecule has 0 fully saturated rings. The fourth-order valence-electron chi connectivity index (χ4n) is 12.2. The Balaban J connectivity index is 2.34. The van der Waals surface area contributed by atoms with Crippen molar-refractivity contribution in [3.63, 3.8) is 0 Å². The quantitative estimate of drug-likeness (QED) is 0.0166. The Labute approximate surface area is 760 Å². The van der Waals surface area contributed by atoms with Crippen molar-refractivity contribution in [2.45, 2.75) is 242 Å². The summed E-state index contributed by atoms with van der Waals surface area (Å²) < 4.78 is 0. The number of carbonyl (C=O) groups is 19. The fourth-order valence-corrected chi connectivity index (χ4v) is 12.2. The summed E-state index contributed by atoms with van der Waals surface area (Å²) in [5.74, 6) is -23.6. The molecule has 52 heteroatoms. The SMILES string of the molecule is CC[C@H](C)C(NC(=O)[C@H](C)NC(=O)[C@H](CC(N)=O)NC(=O)[C@H](CCCNC(=N)N)NC(=O)[C@H](CCCNC(=N)N)NC(=O)CNC(=O)C(NC(=O)[C@H](CCCNC(=N)N)NC(=O)CNC(=O)[C@H](CO)NC(=O)[C@H](C)NC(=O)C(NC(=O)[C@H](Cc1ccccc1)NC(=O)[C@H](CC(=O)O)NC(=O)[C@H](C)NC(=O)[C@H](Cc1ccc(O)cc1)NC(=O)C(N)[C@@H](C)O)[C@@H](C)CC)[C@@H](C)O)C(N)=O. The van der Waals surface area contributed by atoms with E-state index in [1.54, 1.807) is 58.0 Å². The standard InChI is InChI=1S/C80H130N28O24/c1-10-37(3)60(63(83)118)106-66(121)41(7)96-72(127)52(32-55(81)113)103-69(124)49(22-17-29-92-80(88)89)100-68(123)47(20-15-27-90-78(84)85)98-57(115)35-94-76(131)62(43(9)111)108-70(125)48(21-16-28-91-79(86)87)99-56(114)34-93-67(122)54(36-109)105-65(120)40(6)97-77(132)61(38(4)11-2)107-74(129)51(30-44-18-13-12-14-19-44)102-73(128)53(33-58(116)117)101-64(119)39(5)95-71(126)50(104-75(130)59(82)42(8)110)31-45-23-25-46(112)26-24-45/h12-14,18-19,23-26,37-43,47-54,59-62,109-112H,10-11,15-17,20-22,27-36,82H2,1-9H3,(H2,81,113)(H2,83,118)(H,93,122)(H,94,131)(H,95,126)(H,96,127)(H,97,132)(H,98,115)(H,99,114)(H,100,123)(H,101,119)(H,102,128)(H,103,124)(H,104,130)(H,105,120)(H,106,121)(H,107,129)(H,108,125)(H,116,117)(H4,84,85,90)(H4,86,87,91)(H4,88,89,92)/t37-,38-,39-,40-,41-,42+,43+,47-,48-,49-,50-,51-,52-,53-,54-,59?,60?,61?,62?/m0/s1. The minimum absolute atomic E-state index is 0.0108. The predicted molar refractivity (Wildman–Crippen MR) is 472 cm³/mol. The summed E-state index contributed by atoms with van der Waals surface area (Å²) in [6, 6.07) is -10.6. The van der Waals surface area contributed by atoms with Crippen LogP contribution in [0.15, 0.2) is 54.6 Å². The van der Waals surface area contributed by atoms with E-state index in [-0.39, 0.29) is 83.2 Å². The second-order valence-corrected chi connectivity index (χ2v) is 31.3. The molecule has 2 aromatic rings. The maximum atomic E-state index is 14.5. The molecule has 19 atom stereocenters. The van der Waals surface area contributed by atoms with Gasteiger partial charge < -0.3 is 161 Å². The number of aliphatic hydroxyl groups is 3. The summed E-state index contributed by atoms with van der Waals surface area (Å²) in [4.78, 5) is 258. The van der Waals surface area contributed by atoms with Gasteiger partial charge in [0.05, 0.1) is 44.7 Å². The molecule has 52 nitrogen and oxygen atoms in total. The van der Waals surface area contributed by atoms with Gasteiger partial charge >= 0.3 is 5.97 Å². The van der Waals surface area contributed by atoms with Gasteiger partial charge in [0.15, 0.2) is 17.9 Å². The molecule has 2 aromatic carbocycles. The average Bonchev–Trinajstić information content (AvgIpc) is 0.820. The third-order valence-corrected chi connectivity index (χ3v) is 20.3. The van der Waals surface area contributed by atoms with E-state index in [0.29, 0.717) is 17.5 Å². The molecule has 734 valence electrons. The number of aliphatic carboxylic acids is 1. The first-order valence-electron chi connectivity index (χ1n) is 42.3. The molecule has 18 amide bonds. The molecule has 39 N–H and O–H groups in total. The number of carboxylic acids is 1. The molecule has 0 bridgehead atoms. The van der Waals surface area contributed by atoms with Crippen molar-refractivity contribution in [2.24, 2.45) is 46.2 Å². The van der Waals surface area contributed by atoms with Crippen LogP contribution < -0.4 is 135 Å². The number of carbonyl (C=O) groups excluding carboxylic acids is 18. The molecule has 132 heavy (non-hydrogen) atoms. The van der Waals surface area contributed by atoms with E-state index in [0.717, 1.165) is 13.8 Å². The number of nitrogens with one attached hydrogen (secondary N) is 22. The molecule has 0 saturated carbocycles. The van der Waals surface area contributed by atoms with Crippen molar-refractivity contribution < 1.29 is 117 Å². The van der Waals surface area contributed by atoms with Gasteiger partial charge in [-0.25, -0.2) is 0 Å². The van der Waals surface area contributed by atoms with Crippen LogP contribution in [-0.4, -0.2) is 298 Å². The first-order valence-corrected chi connectivity index (χ1v) is 42.3. The van der Waals surface area contributed by atoms with Gasteiger partial charge in [-0.2, -0.15) is 0 Å². The van der Waals surface area contributed by atoms with Gasteiger partial charge in [-0.05, 0) is 108 Å². The number of rotatable bonds is 60. The van der Waals surface area contributed by atoms with Crippen LogP contribution in [-0.2, 0) is 104 Å². The Morgan fingerprint density at radius 2 is 0.697 bits per heavy atom. The number of guanidine groups is 3. The van der Waals surface area contributed by atoms with Crippen LogP contribution in [0.5, 0.6) is 5.75 Å². The largest absolute Gasteiger partial charge is 0.508 e. The molecule has 0 radical (unpaired) electrons. The Morgan fingerprint density at radius 1 is 0.356 bits per heavy atom. The van der Waals surface area contributed by atoms with Crippen LogP contribution in [0.3, 0.4) is 0 Å². The molecule has 0 aromatic heterocycles. The number of primary amides is 2. The second kappa shape index (κ2) is 58.4. The van der Waals surface area contributed by atoms with Crippen molar-refractivity contribution >= 4 is 130 Å². The molecular weight excluding hydrogens is 1740 g/mol. The zero-order chi connectivity index (χ0) is 99.9.